The molecule has 2 N–H and O–H groups in total. The first-order chi connectivity index (χ1) is 7.59. The smallest absolute Gasteiger partial charge is 0.338 e. The molecule has 0 bridgehead atoms. The Hall–Kier alpha value is -1.39. The first-order valence-corrected chi connectivity index (χ1v) is 5.18. The van der Waals surface area contributed by atoms with Crippen LogP contribution in [0.2, 0.25) is 0 Å². The molecule has 1 rings (SSSR count). The van der Waals surface area contributed by atoms with Gasteiger partial charge in [-0.2, -0.15) is 0 Å². The Bertz CT molecular complexity index is 321. The van der Waals surface area contributed by atoms with Gasteiger partial charge in [-0.15, -0.1) is 0 Å². The zero-order chi connectivity index (χ0) is 12.0. The van der Waals surface area contributed by atoms with Crippen LogP contribution in [0.3, 0.4) is 0 Å². The van der Waals surface area contributed by atoms with Crippen LogP contribution in [0.1, 0.15) is 23.7 Å². The van der Waals surface area contributed by atoms with E-state index >= 15 is 0 Å². The van der Waals surface area contributed by atoms with E-state index in [-0.39, 0.29) is 13.0 Å². The lowest BCUT2D eigenvalue weighted by atomic mass is 10.2. The van der Waals surface area contributed by atoms with Crippen LogP contribution in [-0.4, -0.2) is 35.0 Å². The number of carbonyl (C=O) groups is 1. The highest BCUT2D eigenvalue weighted by Crippen LogP contribution is 2.03. The number of aliphatic hydroxyl groups excluding tert-OH is 2. The topological polar surface area (TPSA) is 66.8 Å². The summed E-state index contributed by atoms with van der Waals surface area (Å²) in [6.45, 7) is 1.47. The van der Waals surface area contributed by atoms with Crippen molar-refractivity contribution in [2.75, 3.05) is 6.61 Å². The normalized spacial score (nSPS) is 14.2. The van der Waals surface area contributed by atoms with Crippen molar-refractivity contribution in [1.82, 2.24) is 0 Å². The van der Waals surface area contributed by atoms with Crippen LogP contribution in [-0.2, 0) is 4.74 Å². The Morgan fingerprint density at radius 1 is 1.31 bits per heavy atom. The first-order valence-electron chi connectivity index (χ1n) is 5.18. The zero-order valence-corrected chi connectivity index (χ0v) is 9.17. The molecule has 0 aliphatic heterocycles. The summed E-state index contributed by atoms with van der Waals surface area (Å²) in [5.41, 5.74) is 0.451. The third-order valence-electron chi connectivity index (χ3n) is 2.03. The predicted octanol–water partition coefficient (Wildman–Crippen LogP) is 0.975. The van der Waals surface area contributed by atoms with Crippen LogP contribution < -0.4 is 0 Å². The SMILES string of the molecule is CC(O)CC(O)COC(=O)c1ccccc1. The molecule has 0 heterocycles. The van der Waals surface area contributed by atoms with Crippen molar-refractivity contribution in [2.24, 2.45) is 0 Å². The van der Waals surface area contributed by atoms with Crippen molar-refractivity contribution >= 4 is 5.97 Å². The van der Waals surface area contributed by atoms with Gasteiger partial charge in [0.25, 0.3) is 0 Å². The van der Waals surface area contributed by atoms with Crippen molar-refractivity contribution in [3.8, 4) is 0 Å². The summed E-state index contributed by atoms with van der Waals surface area (Å²) in [7, 11) is 0. The highest BCUT2D eigenvalue weighted by Gasteiger charge is 2.12. The van der Waals surface area contributed by atoms with Gasteiger partial charge in [-0.05, 0) is 19.1 Å². The van der Waals surface area contributed by atoms with Crippen LogP contribution in [0.25, 0.3) is 0 Å². The number of aliphatic hydroxyl groups is 2. The molecule has 88 valence electrons. The average molecular weight is 224 g/mol. The fraction of sp³-hybridized carbons (Fsp3) is 0.417. The van der Waals surface area contributed by atoms with E-state index in [1.54, 1.807) is 37.3 Å². The number of rotatable bonds is 5. The van der Waals surface area contributed by atoms with E-state index in [0.29, 0.717) is 5.56 Å². The first kappa shape index (κ1) is 12.7. The van der Waals surface area contributed by atoms with E-state index in [4.69, 9.17) is 9.84 Å². The summed E-state index contributed by atoms with van der Waals surface area (Å²) in [5, 5.41) is 18.4. The van der Waals surface area contributed by atoms with E-state index in [1.807, 2.05) is 0 Å². The van der Waals surface area contributed by atoms with Crippen molar-refractivity contribution in [3.05, 3.63) is 35.9 Å². The number of ether oxygens (including phenoxy) is 1. The van der Waals surface area contributed by atoms with Gasteiger partial charge in [0, 0.05) is 6.42 Å². The highest BCUT2D eigenvalue weighted by molar-refractivity contribution is 5.89. The standard InChI is InChI=1S/C12H16O4/c1-9(13)7-11(14)8-16-12(15)10-5-3-2-4-6-10/h2-6,9,11,13-14H,7-8H2,1H3. The monoisotopic (exact) mass is 224 g/mol. The van der Waals surface area contributed by atoms with Gasteiger partial charge in [0.1, 0.15) is 6.61 Å². The molecular formula is C12H16O4. The molecule has 16 heavy (non-hydrogen) atoms. The molecule has 4 nitrogen and oxygen atoms in total. The van der Waals surface area contributed by atoms with Crippen molar-refractivity contribution < 1.29 is 19.7 Å². The second-order valence-corrected chi connectivity index (χ2v) is 3.70. The van der Waals surface area contributed by atoms with Gasteiger partial charge in [0.2, 0.25) is 0 Å². The molecule has 0 aliphatic carbocycles. The molecular weight excluding hydrogens is 208 g/mol. The Balaban J connectivity index is 2.36. The molecule has 0 saturated carbocycles. The number of hydrogen-bond donors (Lipinski definition) is 2. The van der Waals surface area contributed by atoms with Gasteiger partial charge in [-0.3, -0.25) is 0 Å². The fourth-order valence-electron chi connectivity index (χ4n) is 1.29. The number of hydrogen-bond acceptors (Lipinski definition) is 4. The molecule has 2 unspecified atom stereocenters. The van der Waals surface area contributed by atoms with Gasteiger partial charge >= 0.3 is 5.97 Å². The number of carbonyl (C=O) groups excluding carboxylic acids is 1. The Morgan fingerprint density at radius 2 is 1.94 bits per heavy atom. The van der Waals surface area contributed by atoms with Crippen LogP contribution >= 0.6 is 0 Å². The Labute approximate surface area is 94.5 Å². The third-order valence-corrected chi connectivity index (χ3v) is 2.03. The van der Waals surface area contributed by atoms with Gasteiger partial charge in [-0.25, -0.2) is 4.79 Å². The zero-order valence-electron chi connectivity index (χ0n) is 9.17. The van der Waals surface area contributed by atoms with Crippen LogP contribution in [0, 0.1) is 0 Å². The molecule has 2 atom stereocenters. The summed E-state index contributed by atoms with van der Waals surface area (Å²) >= 11 is 0. The lowest BCUT2D eigenvalue weighted by molar-refractivity contribution is 0.0116. The minimum Gasteiger partial charge on any atom is -0.459 e. The minimum atomic E-state index is -0.826. The van der Waals surface area contributed by atoms with Crippen molar-refractivity contribution in [3.63, 3.8) is 0 Å². The van der Waals surface area contributed by atoms with Crippen LogP contribution in [0.5, 0.6) is 0 Å². The molecule has 4 heteroatoms. The molecule has 1 aromatic rings. The van der Waals surface area contributed by atoms with Crippen molar-refractivity contribution in [1.29, 1.82) is 0 Å². The van der Waals surface area contributed by atoms with Crippen LogP contribution in [0.4, 0.5) is 0 Å². The average Bonchev–Trinajstić information content (AvgIpc) is 2.26. The maximum absolute atomic E-state index is 11.4. The summed E-state index contributed by atoms with van der Waals surface area (Å²) in [4.78, 5) is 11.4. The fourth-order valence-corrected chi connectivity index (χ4v) is 1.29. The highest BCUT2D eigenvalue weighted by atomic mass is 16.5. The maximum atomic E-state index is 11.4. The van der Waals surface area contributed by atoms with Crippen LogP contribution in [0.15, 0.2) is 30.3 Å². The van der Waals surface area contributed by atoms with E-state index in [0.717, 1.165) is 0 Å². The molecule has 0 amide bonds. The van der Waals surface area contributed by atoms with Gasteiger partial charge in [-0.1, -0.05) is 18.2 Å². The van der Waals surface area contributed by atoms with Crippen molar-refractivity contribution in [2.45, 2.75) is 25.6 Å². The minimum absolute atomic E-state index is 0.0986. The lowest BCUT2D eigenvalue weighted by Crippen LogP contribution is -2.22. The van der Waals surface area contributed by atoms with E-state index in [1.165, 1.54) is 0 Å². The lowest BCUT2D eigenvalue weighted by Gasteiger charge is -2.12. The largest absolute Gasteiger partial charge is 0.459 e. The molecule has 0 radical (unpaired) electrons. The summed E-state index contributed by atoms with van der Waals surface area (Å²) in [6, 6.07) is 8.57. The Kier molecular flexibility index (Phi) is 4.95. The summed E-state index contributed by atoms with van der Waals surface area (Å²) in [6.07, 6.45) is -1.24. The maximum Gasteiger partial charge on any atom is 0.338 e. The summed E-state index contributed by atoms with van der Waals surface area (Å²) < 4.78 is 4.89. The van der Waals surface area contributed by atoms with E-state index in [2.05, 4.69) is 0 Å². The second-order valence-electron chi connectivity index (χ2n) is 3.70. The third kappa shape index (κ3) is 4.42. The van der Waals surface area contributed by atoms with Gasteiger partial charge in [0.05, 0.1) is 17.8 Å². The number of benzene rings is 1. The molecule has 0 aliphatic rings. The second kappa shape index (κ2) is 6.25. The number of esters is 1. The van der Waals surface area contributed by atoms with E-state index < -0.39 is 18.2 Å². The molecule has 0 spiro atoms. The molecule has 0 saturated heterocycles. The van der Waals surface area contributed by atoms with E-state index in [9.17, 15) is 9.90 Å². The van der Waals surface area contributed by atoms with Gasteiger partial charge in [0.15, 0.2) is 0 Å². The molecule has 0 fully saturated rings. The summed E-state index contributed by atoms with van der Waals surface area (Å²) in [5.74, 6) is -0.467. The molecule has 1 aromatic carbocycles. The predicted molar refractivity (Wildman–Crippen MR) is 59.0 cm³/mol. The van der Waals surface area contributed by atoms with Gasteiger partial charge < -0.3 is 14.9 Å². The quantitative estimate of drug-likeness (QED) is 0.731. The molecule has 0 aromatic heterocycles. The Morgan fingerprint density at radius 3 is 2.50 bits per heavy atom.